The van der Waals surface area contributed by atoms with Crippen LogP contribution >= 0.6 is 15.9 Å². The Kier molecular flexibility index (Phi) is 3.34. The van der Waals surface area contributed by atoms with Crippen molar-refractivity contribution in [1.29, 1.82) is 0 Å². The second-order valence-corrected chi connectivity index (χ2v) is 4.73. The molecule has 1 N–H and O–H groups in total. The van der Waals surface area contributed by atoms with E-state index >= 15 is 0 Å². The van der Waals surface area contributed by atoms with Crippen LogP contribution < -0.4 is 5.56 Å². The van der Waals surface area contributed by atoms with E-state index in [-0.39, 0.29) is 5.56 Å². The zero-order chi connectivity index (χ0) is 13.3. The van der Waals surface area contributed by atoms with Crippen LogP contribution in [0, 0.1) is 6.92 Å². The van der Waals surface area contributed by atoms with Gasteiger partial charge < -0.3 is 5.11 Å². The Bertz CT molecular complexity index is 659. The summed E-state index contributed by atoms with van der Waals surface area (Å²) in [6.45, 7) is 1.76. The third-order valence-electron chi connectivity index (χ3n) is 2.59. The second kappa shape index (κ2) is 4.78. The number of carboxylic acid groups (broad SMARTS) is 1. The minimum Gasteiger partial charge on any atom is -0.477 e. The Labute approximate surface area is 112 Å². The lowest BCUT2D eigenvalue weighted by Crippen LogP contribution is -2.26. The van der Waals surface area contributed by atoms with Crippen molar-refractivity contribution in [2.45, 2.75) is 6.92 Å². The molecule has 4 nitrogen and oxygen atoms in total. The molecule has 92 valence electrons. The van der Waals surface area contributed by atoms with Crippen molar-refractivity contribution < 1.29 is 9.90 Å². The molecule has 0 saturated heterocycles. The van der Waals surface area contributed by atoms with Crippen molar-refractivity contribution in [2.24, 2.45) is 0 Å². The van der Waals surface area contributed by atoms with Gasteiger partial charge in [0.1, 0.15) is 5.56 Å². The molecule has 0 saturated carbocycles. The summed E-state index contributed by atoms with van der Waals surface area (Å²) in [5.74, 6) is -1.22. The second-order valence-electron chi connectivity index (χ2n) is 3.81. The van der Waals surface area contributed by atoms with Gasteiger partial charge in [-0.05, 0) is 43.3 Å². The lowest BCUT2D eigenvalue weighted by molar-refractivity contribution is 0.0694. The predicted molar refractivity (Wildman–Crippen MR) is 71.4 cm³/mol. The molecule has 0 aliphatic rings. The topological polar surface area (TPSA) is 59.3 Å². The number of benzene rings is 1. The highest BCUT2D eigenvalue weighted by Crippen LogP contribution is 2.14. The summed E-state index contributed by atoms with van der Waals surface area (Å²) in [7, 11) is 0. The lowest BCUT2D eigenvalue weighted by atomic mass is 10.2. The van der Waals surface area contributed by atoms with Crippen LogP contribution in [-0.4, -0.2) is 15.6 Å². The van der Waals surface area contributed by atoms with Gasteiger partial charge in [0, 0.05) is 15.9 Å². The number of aromatic carboxylic acids is 1. The molecule has 2 aromatic rings. The van der Waals surface area contributed by atoms with Crippen LogP contribution in [-0.2, 0) is 0 Å². The monoisotopic (exact) mass is 307 g/mol. The van der Waals surface area contributed by atoms with E-state index < -0.39 is 11.5 Å². The van der Waals surface area contributed by atoms with Gasteiger partial charge in [0.05, 0.1) is 0 Å². The highest BCUT2D eigenvalue weighted by atomic mass is 79.9. The number of carboxylic acids is 1. The van der Waals surface area contributed by atoms with E-state index in [1.54, 1.807) is 37.3 Å². The minimum absolute atomic E-state index is 0.233. The summed E-state index contributed by atoms with van der Waals surface area (Å²) in [5, 5.41) is 8.95. The molecule has 1 aromatic carbocycles. The Morgan fingerprint density at radius 2 is 1.78 bits per heavy atom. The smallest absolute Gasteiger partial charge is 0.341 e. The zero-order valence-electron chi connectivity index (χ0n) is 9.55. The molecule has 18 heavy (non-hydrogen) atoms. The Hall–Kier alpha value is -1.88. The van der Waals surface area contributed by atoms with Crippen LogP contribution in [0.5, 0.6) is 0 Å². The van der Waals surface area contributed by atoms with Gasteiger partial charge in [-0.1, -0.05) is 15.9 Å². The molecule has 0 aliphatic carbocycles. The molecule has 1 heterocycles. The van der Waals surface area contributed by atoms with Crippen molar-refractivity contribution in [3.05, 3.63) is 62.5 Å². The van der Waals surface area contributed by atoms with Gasteiger partial charge in [-0.3, -0.25) is 9.36 Å². The molecule has 0 unspecified atom stereocenters. The average molecular weight is 308 g/mol. The van der Waals surface area contributed by atoms with Crippen molar-refractivity contribution in [2.75, 3.05) is 0 Å². The van der Waals surface area contributed by atoms with Gasteiger partial charge in [-0.2, -0.15) is 0 Å². The Balaban J connectivity index is 2.71. The molecule has 0 fully saturated rings. The van der Waals surface area contributed by atoms with E-state index in [0.717, 1.165) is 4.47 Å². The normalized spacial score (nSPS) is 10.3. The van der Waals surface area contributed by atoms with E-state index in [2.05, 4.69) is 15.9 Å². The fraction of sp³-hybridized carbons (Fsp3) is 0.0769. The molecule has 0 spiro atoms. The first-order valence-electron chi connectivity index (χ1n) is 5.22. The molecule has 0 amide bonds. The van der Waals surface area contributed by atoms with Crippen LogP contribution in [0.1, 0.15) is 16.1 Å². The van der Waals surface area contributed by atoms with E-state index in [9.17, 15) is 9.59 Å². The van der Waals surface area contributed by atoms with Crippen molar-refractivity contribution in [1.82, 2.24) is 4.57 Å². The summed E-state index contributed by atoms with van der Waals surface area (Å²) >= 11 is 3.31. The van der Waals surface area contributed by atoms with E-state index in [0.29, 0.717) is 11.4 Å². The fourth-order valence-corrected chi connectivity index (χ4v) is 1.97. The number of carbonyl (C=O) groups is 1. The van der Waals surface area contributed by atoms with Gasteiger partial charge in [0.15, 0.2) is 0 Å². The van der Waals surface area contributed by atoms with E-state index in [1.807, 2.05) is 0 Å². The average Bonchev–Trinajstić information content (AvgIpc) is 2.31. The number of pyridine rings is 1. The van der Waals surface area contributed by atoms with Crippen LogP contribution in [0.2, 0.25) is 0 Å². The minimum atomic E-state index is -1.22. The lowest BCUT2D eigenvalue weighted by Gasteiger charge is -2.10. The number of hydrogen-bond donors (Lipinski definition) is 1. The Morgan fingerprint density at radius 3 is 2.33 bits per heavy atom. The molecule has 2 rings (SSSR count). The summed E-state index contributed by atoms with van der Waals surface area (Å²) < 4.78 is 2.28. The fourth-order valence-electron chi connectivity index (χ4n) is 1.70. The molecular formula is C13H10BrNO3. The molecule has 0 aliphatic heterocycles. The van der Waals surface area contributed by atoms with Crippen LogP contribution in [0.3, 0.4) is 0 Å². The van der Waals surface area contributed by atoms with Gasteiger partial charge >= 0.3 is 5.97 Å². The van der Waals surface area contributed by atoms with Gasteiger partial charge in [-0.25, -0.2) is 4.79 Å². The van der Waals surface area contributed by atoms with Crippen LogP contribution in [0.15, 0.2) is 45.7 Å². The Morgan fingerprint density at radius 1 is 1.17 bits per heavy atom. The summed E-state index contributed by atoms with van der Waals surface area (Å²) in [6.07, 6.45) is 0. The van der Waals surface area contributed by atoms with E-state index in [1.165, 1.54) is 10.6 Å². The number of hydrogen-bond acceptors (Lipinski definition) is 2. The number of aromatic nitrogens is 1. The molecule has 0 atom stereocenters. The first kappa shape index (κ1) is 12.6. The molecule has 1 aromatic heterocycles. The van der Waals surface area contributed by atoms with Gasteiger partial charge in [0.2, 0.25) is 0 Å². The van der Waals surface area contributed by atoms with Crippen molar-refractivity contribution in [3.8, 4) is 5.69 Å². The molecule has 5 heteroatoms. The van der Waals surface area contributed by atoms with Gasteiger partial charge in [-0.15, -0.1) is 0 Å². The first-order chi connectivity index (χ1) is 8.50. The first-order valence-corrected chi connectivity index (χ1v) is 6.02. The number of nitrogens with zero attached hydrogens (tertiary/aromatic N) is 1. The summed E-state index contributed by atoms with van der Waals surface area (Å²) in [4.78, 5) is 23.0. The van der Waals surface area contributed by atoms with Gasteiger partial charge in [0.25, 0.3) is 5.56 Å². The SMILES string of the molecule is Cc1ccc(C(=O)O)c(=O)n1-c1ccc(Br)cc1. The third kappa shape index (κ3) is 2.22. The van der Waals surface area contributed by atoms with Crippen LogP contribution in [0.4, 0.5) is 0 Å². The number of rotatable bonds is 2. The number of halogens is 1. The third-order valence-corrected chi connectivity index (χ3v) is 3.12. The molecule has 0 radical (unpaired) electrons. The van der Waals surface area contributed by atoms with Crippen molar-refractivity contribution >= 4 is 21.9 Å². The molecular weight excluding hydrogens is 298 g/mol. The van der Waals surface area contributed by atoms with Crippen molar-refractivity contribution in [3.63, 3.8) is 0 Å². The predicted octanol–water partition coefficient (Wildman–Crippen LogP) is 2.61. The maximum absolute atomic E-state index is 12.1. The maximum Gasteiger partial charge on any atom is 0.341 e. The van der Waals surface area contributed by atoms with E-state index in [4.69, 9.17) is 5.11 Å². The quantitative estimate of drug-likeness (QED) is 0.927. The standard InChI is InChI=1S/C13H10BrNO3/c1-8-2-7-11(13(17)18)12(16)15(8)10-5-3-9(14)4-6-10/h2-7H,1H3,(H,17,18). The highest BCUT2D eigenvalue weighted by molar-refractivity contribution is 9.10. The largest absolute Gasteiger partial charge is 0.477 e. The summed E-state index contributed by atoms with van der Waals surface area (Å²) in [6, 6.07) is 10.1. The van der Waals surface area contributed by atoms with Crippen LogP contribution in [0.25, 0.3) is 5.69 Å². The maximum atomic E-state index is 12.1. The zero-order valence-corrected chi connectivity index (χ0v) is 11.1. The summed E-state index contributed by atoms with van der Waals surface area (Å²) in [5.41, 5.74) is 0.574. The highest BCUT2D eigenvalue weighted by Gasteiger charge is 2.13. The molecule has 0 bridgehead atoms. The number of aryl methyl sites for hydroxylation is 1.